The highest BCUT2D eigenvalue weighted by molar-refractivity contribution is 6.31. The number of benzene rings is 1. The van der Waals surface area contributed by atoms with E-state index in [0.29, 0.717) is 17.1 Å². The molecule has 0 unspecified atom stereocenters. The van der Waals surface area contributed by atoms with Crippen molar-refractivity contribution in [2.75, 3.05) is 6.61 Å². The Labute approximate surface area is 161 Å². The van der Waals surface area contributed by atoms with Gasteiger partial charge in [-0.05, 0) is 31.5 Å². The van der Waals surface area contributed by atoms with Gasteiger partial charge in [-0.3, -0.25) is 9.78 Å². The van der Waals surface area contributed by atoms with Crippen LogP contribution in [-0.2, 0) is 11.3 Å². The number of hydrogen-bond donors (Lipinski definition) is 0. The van der Waals surface area contributed by atoms with Crippen LogP contribution in [0.25, 0.3) is 0 Å². The van der Waals surface area contributed by atoms with E-state index in [2.05, 4.69) is 9.97 Å². The van der Waals surface area contributed by atoms with Gasteiger partial charge in [-0.15, -0.1) is 0 Å². The smallest absolute Gasteiger partial charge is 0.358 e. The molecule has 6 nitrogen and oxygen atoms in total. The number of carbonyl (C=O) groups is 2. The summed E-state index contributed by atoms with van der Waals surface area (Å²) in [6.45, 7) is 3.99. The number of carbonyl (C=O) groups excluding carboxylic acids is 2. The van der Waals surface area contributed by atoms with E-state index in [-0.39, 0.29) is 18.1 Å². The van der Waals surface area contributed by atoms with Crippen LogP contribution in [0.1, 0.15) is 37.8 Å². The Morgan fingerprint density at radius 2 is 1.96 bits per heavy atom. The van der Waals surface area contributed by atoms with Crippen LogP contribution in [-0.4, -0.2) is 32.9 Å². The van der Waals surface area contributed by atoms with E-state index >= 15 is 0 Å². The molecular formula is C20H18ClN3O3. The predicted octanol–water partition coefficient (Wildman–Crippen LogP) is 3.64. The second kappa shape index (κ2) is 8.14. The van der Waals surface area contributed by atoms with Crippen molar-refractivity contribution in [2.24, 2.45) is 0 Å². The first-order valence-corrected chi connectivity index (χ1v) is 8.71. The molecule has 0 fully saturated rings. The summed E-state index contributed by atoms with van der Waals surface area (Å²) in [5.74, 6) is -0.952. The molecule has 0 aliphatic heterocycles. The van der Waals surface area contributed by atoms with E-state index in [1.807, 2.05) is 42.7 Å². The van der Waals surface area contributed by atoms with Gasteiger partial charge < -0.3 is 9.30 Å². The molecular weight excluding hydrogens is 366 g/mol. The third-order valence-electron chi connectivity index (χ3n) is 4.27. The summed E-state index contributed by atoms with van der Waals surface area (Å²) in [4.78, 5) is 32.1. The minimum Gasteiger partial charge on any atom is -0.453 e. The van der Waals surface area contributed by atoms with E-state index in [9.17, 15) is 9.59 Å². The molecule has 3 aromatic rings. The van der Waals surface area contributed by atoms with Crippen molar-refractivity contribution in [1.82, 2.24) is 14.5 Å². The third kappa shape index (κ3) is 4.23. The first-order chi connectivity index (χ1) is 13.0. The Hall–Kier alpha value is -2.99. The van der Waals surface area contributed by atoms with Crippen LogP contribution >= 0.6 is 11.6 Å². The molecule has 0 N–H and O–H groups in total. The van der Waals surface area contributed by atoms with Crippen LogP contribution in [0.4, 0.5) is 0 Å². The maximum atomic E-state index is 12.5. The lowest BCUT2D eigenvalue weighted by atomic mass is 10.1. The summed E-state index contributed by atoms with van der Waals surface area (Å²) >= 11 is 6.24. The van der Waals surface area contributed by atoms with Gasteiger partial charge in [0.1, 0.15) is 0 Å². The van der Waals surface area contributed by atoms with Crippen LogP contribution in [0.15, 0.2) is 48.9 Å². The predicted molar refractivity (Wildman–Crippen MR) is 101 cm³/mol. The molecule has 0 bridgehead atoms. The van der Waals surface area contributed by atoms with Crippen molar-refractivity contribution in [2.45, 2.75) is 20.4 Å². The van der Waals surface area contributed by atoms with Crippen molar-refractivity contribution in [1.29, 1.82) is 0 Å². The molecule has 7 heteroatoms. The highest BCUT2D eigenvalue weighted by Gasteiger charge is 2.19. The second-order valence-electron chi connectivity index (χ2n) is 6.05. The summed E-state index contributed by atoms with van der Waals surface area (Å²) in [6.07, 6.45) is 4.14. The van der Waals surface area contributed by atoms with Gasteiger partial charge in [0.15, 0.2) is 12.3 Å². The summed E-state index contributed by atoms with van der Waals surface area (Å²) in [6, 6.07) is 9.38. The van der Waals surface area contributed by atoms with Gasteiger partial charge in [-0.1, -0.05) is 29.8 Å². The Kier molecular flexibility index (Phi) is 5.66. The van der Waals surface area contributed by atoms with Gasteiger partial charge in [0.25, 0.3) is 0 Å². The number of Topliss-reactive ketones (excluding diaryl/α,β-unsaturated/α-hetero) is 1. The molecule has 0 spiro atoms. The first-order valence-electron chi connectivity index (χ1n) is 8.34. The van der Waals surface area contributed by atoms with Gasteiger partial charge in [0.2, 0.25) is 5.78 Å². The Bertz CT molecular complexity index is 983. The largest absolute Gasteiger partial charge is 0.453 e. The number of ether oxygens (including phenoxy) is 1. The van der Waals surface area contributed by atoms with Crippen LogP contribution in [0.3, 0.4) is 0 Å². The molecule has 1 aromatic carbocycles. The molecule has 0 saturated carbocycles. The second-order valence-corrected chi connectivity index (χ2v) is 6.46. The molecule has 0 atom stereocenters. The number of ketones is 1. The molecule has 0 amide bonds. The summed E-state index contributed by atoms with van der Waals surface area (Å²) in [7, 11) is 0. The Morgan fingerprint density at radius 1 is 1.19 bits per heavy atom. The summed E-state index contributed by atoms with van der Waals surface area (Å²) in [5, 5.41) is 0.677. The minimum atomic E-state index is -0.679. The van der Waals surface area contributed by atoms with Gasteiger partial charge in [-0.2, -0.15) is 0 Å². The lowest BCUT2D eigenvalue weighted by Gasteiger charge is -2.11. The van der Waals surface area contributed by atoms with Crippen molar-refractivity contribution >= 4 is 23.4 Å². The molecule has 0 aliphatic rings. The molecule has 138 valence electrons. The van der Waals surface area contributed by atoms with Gasteiger partial charge >= 0.3 is 5.97 Å². The van der Waals surface area contributed by atoms with E-state index in [0.717, 1.165) is 17.0 Å². The van der Waals surface area contributed by atoms with E-state index < -0.39 is 5.97 Å². The fourth-order valence-electron chi connectivity index (χ4n) is 2.81. The van der Waals surface area contributed by atoms with E-state index in [1.54, 1.807) is 6.07 Å². The number of aryl methyl sites for hydroxylation is 1. The number of aromatic nitrogens is 3. The molecule has 27 heavy (non-hydrogen) atoms. The van der Waals surface area contributed by atoms with Crippen molar-refractivity contribution < 1.29 is 14.3 Å². The third-order valence-corrected chi connectivity index (χ3v) is 4.64. The fourth-order valence-corrected chi connectivity index (χ4v) is 3.01. The molecule has 2 heterocycles. The number of rotatable bonds is 6. The number of esters is 1. The SMILES string of the molecule is Cc1cc(C(=O)COC(=O)c2cnccn2)c(C)n1Cc1ccccc1Cl. The number of nitrogens with zero attached hydrogens (tertiary/aromatic N) is 3. The average Bonchev–Trinajstić information content (AvgIpc) is 2.96. The van der Waals surface area contributed by atoms with Crippen molar-refractivity contribution in [3.63, 3.8) is 0 Å². The molecule has 0 aliphatic carbocycles. The first kappa shape index (κ1) is 18.8. The lowest BCUT2D eigenvalue weighted by Crippen LogP contribution is -2.16. The monoisotopic (exact) mass is 383 g/mol. The average molecular weight is 384 g/mol. The molecule has 2 aromatic heterocycles. The maximum Gasteiger partial charge on any atom is 0.358 e. The Balaban J connectivity index is 1.73. The van der Waals surface area contributed by atoms with Crippen LogP contribution in [0.2, 0.25) is 5.02 Å². The fraction of sp³-hybridized carbons (Fsp3) is 0.200. The van der Waals surface area contributed by atoms with E-state index in [4.69, 9.17) is 16.3 Å². The van der Waals surface area contributed by atoms with Gasteiger partial charge in [0.05, 0.1) is 6.20 Å². The minimum absolute atomic E-state index is 0.0643. The molecule has 0 radical (unpaired) electrons. The van der Waals surface area contributed by atoms with Gasteiger partial charge in [-0.25, -0.2) is 9.78 Å². The van der Waals surface area contributed by atoms with Crippen LogP contribution < -0.4 is 0 Å². The van der Waals surface area contributed by atoms with Crippen molar-refractivity contribution in [3.05, 3.63) is 82.2 Å². The maximum absolute atomic E-state index is 12.5. The standard InChI is InChI=1S/C20H18ClN3O3/c1-13-9-16(14(2)24(13)11-15-5-3-4-6-17(15)21)19(25)12-27-20(26)18-10-22-7-8-23-18/h3-10H,11-12H2,1-2H3. The quantitative estimate of drug-likeness (QED) is 0.480. The molecule has 0 saturated heterocycles. The highest BCUT2D eigenvalue weighted by Crippen LogP contribution is 2.21. The molecule has 3 rings (SSSR count). The summed E-state index contributed by atoms with van der Waals surface area (Å²) in [5.41, 5.74) is 3.28. The highest BCUT2D eigenvalue weighted by atomic mass is 35.5. The Morgan fingerprint density at radius 3 is 2.67 bits per heavy atom. The van der Waals surface area contributed by atoms with E-state index in [1.165, 1.54) is 18.6 Å². The normalized spacial score (nSPS) is 10.6. The number of halogens is 1. The zero-order valence-corrected chi connectivity index (χ0v) is 15.7. The van der Waals surface area contributed by atoms with Crippen LogP contribution in [0.5, 0.6) is 0 Å². The summed E-state index contributed by atoms with van der Waals surface area (Å²) < 4.78 is 7.08. The van der Waals surface area contributed by atoms with Crippen LogP contribution in [0, 0.1) is 13.8 Å². The zero-order chi connectivity index (χ0) is 19.4. The van der Waals surface area contributed by atoms with Gasteiger partial charge in [0, 0.05) is 40.9 Å². The topological polar surface area (TPSA) is 74.1 Å². The lowest BCUT2D eigenvalue weighted by molar-refractivity contribution is 0.0468. The van der Waals surface area contributed by atoms with Crippen molar-refractivity contribution in [3.8, 4) is 0 Å². The number of hydrogen-bond acceptors (Lipinski definition) is 5. The zero-order valence-electron chi connectivity index (χ0n) is 15.0.